The number of hydrogen-bond donors (Lipinski definition) is 0. The van der Waals surface area contributed by atoms with E-state index < -0.39 is 16.5 Å². The monoisotopic (exact) mass is 414 g/mol. The van der Waals surface area contributed by atoms with E-state index >= 15 is 0 Å². The first-order chi connectivity index (χ1) is 13.9. The zero-order valence-corrected chi connectivity index (χ0v) is 16.8. The van der Waals surface area contributed by atoms with Crippen molar-refractivity contribution in [3.63, 3.8) is 0 Å². The van der Waals surface area contributed by atoms with Crippen molar-refractivity contribution in [3.8, 4) is 0 Å². The van der Waals surface area contributed by atoms with E-state index in [0.29, 0.717) is 18.0 Å². The lowest BCUT2D eigenvalue weighted by atomic mass is 10.0. The quantitative estimate of drug-likeness (QED) is 0.764. The molecule has 0 unspecified atom stereocenters. The van der Waals surface area contributed by atoms with Crippen LogP contribution in [0.4, 0.5) is 14.5 Å². The summed E-state index contributed by atoms with van der Waals surface area (Å²) in [4.78, 5) is 28.8. The molecular formula is C22H20F2N2O2S. The lowest BCUT2D eigenvalue weighted by Gasteiger charge is -2.33. The molecule has 0 N–H and O–H groups in total. The van der Waals surface area contributed by atoms with Gasteiger partial charge in [0.25, 0.3) is 5.91 Å². The van der Waals surface area contributed by atoms with E-state index in [-0.39, 0.29) is 29.8 Å². The average Bonchev–Trinajstić information content (AvgIpc) is 3.41. The Kier molecular flexibility index (Phi) is 4.21. The molecular weight excluding hydrogens is 394 g/mol. The molecule has 7 heteroatoms. The molecule has 1 atom stereocenters. The van der Waals surface area contributed by atoms with Gasteiger partial charge in [-0.2, -0.15) is 0 Å². The predicted molar refractivity (Wildman–Crippen MR) is 107 cm³/mol. The molecule has 5 rings (SSSR count). The Labute approximate surface area is 171 Å². The highest BCUT2D eigenvalue weighted by Gasteiger charge is 2.60. The third-order valence-electron chi connectivity index (χ3n) is 5.92. The van der Waals surface area contributed by atoms with E-state index in [1.807, 2.05) is 25.1 Å². The van der Waals surface area contributed by atoms with Gasteiger partial charge >= 0.3 is 0 Å². The zero-order valence-electron chi connectivity index (χ0n) is 16.0. The van der Waals surface area contributed by atoms with Crippen molar-refractivity contribution in [1.82, 2.24) is 4.90 Å². The number of rotatable bonds is 3. The lowest BCUT2D eigenvalue weighted by Crippen LogP contribution is -2.50. The molecule has 2 aromatic rings. The predicted octanol–water partition coefficient (Wildman–Crippen LogP) is 3.96. The highest BCUT2D eigenvalue weighted by molar-refractivity contribution is 8.01. The van der Waals surface area contributed by atoms with E-state index in [1.165, 1.54) is 34.9 Å². The van der Waals surface area contributed by atoms with E-state index in [9.17, 15) is 18.4 Å². The maximum atomic E-state index is 14.3. The van der Waals surface area contributed by atoms with Crippen LogP contribution in [0.15, 0.2) is 36.4 Å². The molecule has 2 aromatic carbocycles. The second-order valence-electron chi connectivity index (χ2n) is 7.87. The standard InChI is InChI=1S/C22H20F2N2O2S/c1-13-5-8-19-16(11-13)22(26(9-10-29-22)20(27)14-6-7-14)21(28)25(19)12-15-17(23)3-2-4-18(15)24/h2-5,8,11,14H,6-7,9-10,12H2,1H3/t22-/m0/s1. The number of anilines is 1. The van der Waals surface area contributed by atoms with Crippen LogP contribution in [0.3, 0.4) is 0 Å². The fourth-order valence-corrected chi connectivity index (χ4v) is 5.76. The summed E-state index contributed by atoms with van der Waals surface area (Å²) in [5.74, 6) is -1.01. The number of hydrogen-bond acceptors (Lipinski definition) is 3. The van der Waals surface area contributed by atoms with Crippen LogP contribution in [0.25, 0.3) is 0 Å². The number of carbonyl (C=O) groups is 2. The van der Waals surface area contributed by atoms with E-state index in [1.54, 1.807) is 4.90 Å². The van der Waals surface area contributed by atoms with Crippen LogP contribution in [0, 0.1) is 24.5 Å². The number of halogens is 2. The minimum atomic E-state index is -1.14. The molecule has 2 amide bonds. The first kappa shape index (κ1) is 18.6. The van der Waals surface area contributed by atoms with Gasteiger partial charge in [-0.1, -0.05) is 23.8 Å². The summed E-state index contributed by atoms with van der Waals surface area (Å²) in [6.07, 6.45) is 1.71. The summed E-state index contributed by atoms with van der Waals surface area (Å²) in [5, 5.41) is 0. The topological polar surface area (TPSA) is 40.6 Å². The Hall–Kier alpha value is -2.41. The smallest absolute Gasteiger partial charge is 0.268 e. The van der Waals surface area contributed by atoms with Crippen molar-refractivity contribution in [3.05, 3.63) is 64.7 Å². The molecule has 0 aromatic heterocycles. The van der Waals surface area contributed by atoms with Crippen molar-refractivity contribution in [2.45, 2.75) is 31.2 Å². The second kappa shape index (κ2) is 6.55. The third kappa shape index (κ3) is 2.70. The van der Waals surface area contributed by atoms with Gasteiger partial charge in [0.05, 0.1) is 12.2 Å². The van der Waals surface area contributed by atoms with Gasteiger partial charge in [0.1, 0.15) is 11.6 Å². The zero-order chi connectivity index (χ0) is 20.3. The first-order valence-corrected chi connectivity index (χ1v) is 10.7. The summed E-state index contributed by atoms with van der Waals surface area (Å²) in [6.45, 7) is 2.23. The van der Waals surface area contributed by atoms with Gasteiger partial charge in [-0.05, 0) is 38.0 Å². The first-order valence-electron chi connectivity index (χ1n) is 9.75. The normalized spacial score (nSPS) is 23.2. The summed E-state index contributed by atoms with van der Waals surface area (Å²) in [6, 6.07) is 9.31. The molecule has 2 aliphatic heterocycles. The number of benzene rings is 2. The largest absolute Gasteiger partial charge is 0.315 e. The Morgan fingerprint density at radius 2 is 1.93 bits per heavy atom. The SMILES string of the molecule is Cc1ccc2c(c1)[C@]1(SCCN1C(=O)C1CC1)C(=O)N2Cc1c(F)cccc1F. The summed E-state index contributed by atoms with van der Waals surface area (Å²) in [7, 11) is 0. The number of aryl methyl sites for hydroxylation is 1. The van der Waals surface area contributed by atoms with Crippen LogP contribution in [0.2, 0.25) is 0 Å². The maximum Gasteiger partial charge on any atom is 0.268 e. The van der Waals surface area contributed by atoms with Crippen molar-refractivity contribution in [1.29, 1.82) is 0 Å². The van der Waals surface area contributed by atoms with Gasteiger partial charge in [0.2, 0.25) is 5.91 Å². The Balaban J connectivity index is 1.62. The maximum absolute atomic E-state index is 14.3. The van der Waals surface area contributed by atoms with Crippen LogP contribution in [0.1, 0.15) is 29.5 Å². The summed E-state index contributed by atoms with van der Waals surface area (Å²) in [5.41, 5.74) is 2.19. The molecule has 1 aliphatic carbocycles. The molecule has 1 saturated carbocycles. The highest BCUT2D eigenvalue weighted by Crippen LogP contribution is 2.55. The van der Waals surface area contributed by atoms with Crippen molar-refractivity contribution in [2.24, 2.45) is 5.92 Å². The molecule has 0 radical (unpaired) electrons. The Bertz CT molecular complexity index is 1020. The minimum absolute atomic E-state index is 0.00901. The molecule has 2 heterocycles. The molecule has 1 saturated heterocycles. The van der Waals surface area contributed by atoms with E-state index in [4.69, 9.17) is 0 Å². The summed E-state index contributed by atoms with van der Waals surface area (Å²) < 4.78 is 28.6. The summed E-state index contributed by atoms with van der Waals surface area (Å²) >= 11 is 1.44. The van der Waals surface area contributed by atoms with E-state index in [2.05, 4.69) is 0 Å². The number of thioether (sulfide) groups is 1. The molecule has 150 valence electrons. The highest BCUT2D eigenvalue weighted by atomic mass is 32.2. The van der Waals surface area contributed by atoms with Crippen molar-refractivity contribution in [2.75, 3.05) is 17.2 Å². The van der Waals surface area contributed by atoms with E-state index in [0.717, 1.165) is 24.0 Å². The fraction of sp³-hybridized carbons (Fsp3) is 0.364. The van der Waals surface area contributed by atoms with Crippen LogP contribution < -0.4 is 4.90 Å². The third-order valence-corrected chi connectivity index (χ3v) is 7.34. The number of nitrogens with zero attached hydrogens (tertiary/aromatic N) is 2. The van der Waals surface area contributed by atoms with Crippen LogP contribution >= 0.6 is 11.8 Å². The second-order valence-corrected chi connectivity index (χ2v) is 9.16. The Morgan fingerprint density at radius 1 is 1.21 bits per heavy atom. The number of fused-ring (bicyclic) bond motifs is 2. The van der Waals surface area contributed by atoms with Crippen molar-refractivity contribution < 1.29 is 18.4 Å². The van der Waals surface area contributed by atoms with Crippen LogP contribution in [0.5, 0.6) is 0 Å². The van der Waals surface area contributed by atoms with Gasteiger partial charge in [0, 0.05) is 29.3 Å². The molecule has 1 spiro atoms. The molecule has 4 nitrogen and oxygen atoms in total. The van der Waals surface area contributed by atoms with Gasteiger partial charge in [-0.3, -0.25) is 9.59 Å². The van der Waals surface area contributed by atoms with Crippen molar-refractivity contribution >= 4 is 29.3 Å². The Morgan fingerprint density at radius 3 is 2.62 bits per heavy atom. The molecule has 29 heavy (non-hydrogen) atoms. The van der Waals surface area contributed by atoms with Gasteiger partial charge < -0.3 is 9.80 Å². The van der Waals surface area contributed by atoms with Gasteiger partial charge in [-0.15, -0.1) is 11.8 Å². The minimum Gasteiger partial charge on any atom is -0.315 e. The van der Waals surface area contributed by atoms with Gasteiger partial charge in [0.15, 0.2) is 4.87 Å². The average molecular weight is 414 g/mol. The molecule has 2 fully saturated rings. The molecule has 3 aliphatic rings. The molecule has 0 bridgehead atoms. The lowest BCUT2D eigenvalue weighted by molar-refractivity contribution is -0.141. The number of carbonyl (C=O) groups excluding carboxylic acids is 2. The van der Waals surface area contributed by atoms with Crippen LogP contribution in [-0.4, -0.2) is 29.0 Å². The number of amides is 2. The van der Waals surface area contributed by atoms with Crippen LogP contribution in [-0.2, 0) is 21.0 Å². The fourth-order valence-electron chi connectivity index (χ4n) is 4.30. The van der Waals surface area contributed by atoms with Gasteiger partial charge in [-0.25, -0.2) is 8.78 Å².